The number of benzene rings is 2. The van der Waals surface area contributed by atoms with Crippen LogP contribution in [0.3, 0.4) is 0 Å². The van der Waals surface area contributed by atoms with Crippen LogP contribution in [0.25, 0.3) is 0 Å². The fourth-order valence-corrected chi connectivity index (χ4v) is 5.14. The molecule has 6 N–H and O–H groups in total. The number of amides is 1. The number of aliphatic hydroxyl groups excluding tert-OH is 1. The van der Waals surface area contributed by atoms with Crippen molar-refractivity contribution in [2.24, 2.45) is 11.5 Å². The predicted octanol–water partition coefficient (Wildman–Crippen LogP) is 1.85. The largest absolute Gasteiger partial charge is 0.384 e. The Labute approximate surface area is 212 Å². The number of rotatable bonds is 14. The average molecular weight is 499 g/mol. The normalized spacial score (nSPS) is 16.1. The zero-order valence-electron chi connectivity index (χ0n) is 20.3. The highest BCUT2D eigenvalue weighted by molar-refractivity contribution is 7.99. The van der Waals surface area contributed by atoms with Gasteiger partial charge in [0, 0.05) is 31.3 Å². The highest BCUT2D eigenvalue weighted by atomic mass is 32.2. The summed E-state index contributed by atoms with van der Waals surface area (Å²) in [5.41, 5.74) is 15.1. The summed E-state index contributed by atoms with van der Waals surface area (Å²) < 4.78 is 0. The molecule has 2 aromatic rings. The van der Waals surface area contributed by atoms with Crippen molar-refractivity contribution in [1.29, 1.82) is 0 Å². The van der Waals surface area contributed by atoms with Gasteiger partial charge in [-0.2, -0.15) is 0 Å². The first-order chi connectivity index (χ1) is 16.9. The zero-order valence-corrected chi connectivity index (χ0v) is 21.1. The van der Waals surface area contributed by atoms with Crippen LogP contribution in [0.5, 0.6) is 0 Å². The van der Waals surface area contributed by atoms with Crippen molar-refractivity contribution < 1.29 is 14.7 Å². The van der Waals surface area contributed by atoms with Gasteiger partial charge in [-0.05, 0) is 42.5 Å². The molecule has 1 aliphatic rings. The summed E-state index contributed by atoms with van der Waals surface area (Å²) >= 11 is 1.77. The molecular formula is C27H38N4O3S. The number of carbonyl (C=O) groups is 2. The van der Waals surface area contributed by atoms with Crippen LogP contribution in [0, 0.1) is 0 Å². The summed E-state index contributed by atoms with van der Waals surface area (Å²) in [4.78, 5) is 26.7. The number of aliphatic hydroxyl groups is 1. The minimum atomic E-state index is -1.19. The van der Waals surface area contributed by atoms with Crippen molar-refractivity contribution in [2.45, 2.75) is 56.8 Å². The number of nitrogens with zero attached hydrogens (tertiary/aromatic N) is 1. The number of hydrogen-bond donors (Lipinski definition) is 4. The summed E-state index contributed by atoms with van der Waals surface area (Å²) in [6.45, 7) is 2.33. The molecular weight excluding hydrogens is 460 g/mol. The SMILES string of the molecule is N[C@H](Cc1ccccc1)[C@H](O)C(=O)Cc1cccc(CNCCCC[C@H](N)C(=O)N2CCSC2)c1. The number of thioether (sulfide) groups is 1. The van der Waals surface area contributed by atoms with Crippen molar-refractivity contribution in [3.8, 4) is 0 Å². The fraction of sp³-hybridized carbons (Fsp3) is 0.481. The molecule has 8 heteroatoms. The molecule has 1 fully saturated rings. The Bertz CT molecular complexity index is 937. The standard InChI is InChI=1S/C27H38N4O3S/c28-23(27(34)31-13-14-35-19-31)11-4-5-12-30-18-22-10-6-9-21(15-22)17-25(32)26(33)24(29)16-20-7-2-1-3-8-20/h1-3,6-10,15,23-24,26,30,33H,4-5,11-14,16-19,28-29H2/t23-,24+,26-/m0/s1. The van der Waals surface area contributed by atoms with Gasteiger partial charge < -0.3 is 26.8 Å². The fourth-order valence-electron chi connectivity index (χ4n) is 4.18. The van der Waals surface area contributed by atoms with Crippen LogP contribution < -0.4 is 16.8 Å². The van der Waals surface area contributed by atoms with Crippen molar-refractivity contribution in [1.82, 2.24) is 10.2 Å². The number of hydrogen-bond acceptors (Lipinski definition) is 7. The summed E-state index contributed by atoms with van der Waals surface area (Å²) in [6.07, 6.45) is 1.95. The van der Waals surface area contributed by atoms with E-state index < -0.39 is 18.2 Å². The van der Waals surface area contributed by atoms with Gasteiger partial charge in [0.2, 0.25) is 5.91 Å². The number of Topliss-reactive ketones (excluding diaryl/α,β-unsaturated/α-hetero) is 1. The van der Waals surface area contributed by atoms with Crippen molar-refractivity contribution >= 4 is 23.5 Å². The van der Waals surface area contributed by atoms with Gasteiger partial charge in [0.05, 0.1) is 11.9 Å². The third-order valence-corrected chi connectivity index (χ3v) is 7.21. The van der Waals surface area contributed by atoms with E-state index in [4.69, 9.17) is 11.5 Å². The third kappa shape index (κ3) is 9.05. The Morgan fingerprint density at radius 1 is 1.03 bits per heavy atom. The van der Waals surface area contributed by atoms with E-state index in [1.165, 1.54) is 0 Å². The number of nitrogens with one attached hydrogen (secondary N) is 1. The van der Waals surface area contributed by atoms with Crippen molar-refractivity contribution in [2.75, 3.05) is 24.7 Å². The molecule has 0 aliphatic carbocycles. The molecule has 35 heavy (non-hydrogen) atoms. The molecule has 3 atom stereocenters. The van der Waals surface area contributed by atoms with Gasteiger partial charge >= 0.3 is 0 Å². The first-order valence-electron chi connectivity index (χ1n) is 12.3. The van der Waals surface area contributed by atoms with E-state index in [0.717, 1.165) is 54.3 Å². The van der Waals surface area contributed by atoms with Crippen molar-refractivity contribution in [3.63, 3.8) is 0 Å². The minimum Gasteiger partial charge on any atom is -0.384 e. The smallest absolute Gasteiger partial charge is 0.240 e. The van der Waals surface area contributed by atoms with Crippen LogP contribution in [-0.4, -0.2) is 64.6 Å². The molecule has 1 amide bonds. The van der Waals surface area contributed by atoms with E-state index in [2.05, 4.69) is 5.32 Å². The average Bonchev–Trinajstić information content (AvgIpc) is 3.41. The lowest BCUT2D eigenvalue weighted by atomic mass is 9.95. The maximum absolute atomic E-state index is 12.6. The van der Waals surface area contributed by atoms with Crippen molar-refractivity contribution in [3.05, 3.63) is 71.3 Å². The third-order valence-electron chi connectivity index (χ3n) is 6.25. The van der Waals surface area contributed by atoms with Gasteiger partial charge in [-0.3, -0.25) is 9.59 Å². The molecule has 1 heterocycles. The summed E-state index contributed by atoms with van der Waals surface area (Å²) in [5, 5.41) is 13.8. The van der Waals surface area contributed by atoms with Gasteiger partial charge in [0.1, 0.15) is 6.10 Å². The Balaban J connectivity index is 1.34. The number of nitrogens with two attached hydrogens (primary N) is 2. The molecule has 2 aromatic carbocycles. The highest BCUT2D eigenvalue weighted by Crippen LogP contribution is 2.15. The molecule has 0 unspecified atom stereocenters. The van der Waals surface area contributed by atoms with Crippen LogP contribution in [-0.2, 0) is 29.0 Å². The first kappa shape index (κ1) is 27.4. The number of ketones is 1. The minimum absolute atomic E-state index is 0.0699. The molecule has 0 aromatic heterocycles. The molecule has 7 nitrogen and oxygen atoms in total. The molecule has 1 aliphatic heterocycles. The Morgan fingerprint density at radius 2 is 1.77 bits per heavy atom. The second kappa shape index (κ2) is 14.4. The number of carbonyl (C=O) groups excluding carboxylic acids is 2. The van der Waals surface area contributed by atoms with E-state index in [-0.39, 0.29) is 18.1 Å². The maximum atomic E-state index is 12.6. The summed E-state index contributed by atoms with van der Waals surface area (Å²) in [5.74, 6) is 1.57. The van der Waals surface area contributed by atoms with Crippen LogP contribution in [0.15, 0.2) is 54.6 Å². The highest BCUT2D eigenvalue weighted by Gasteiger charge is 2.24. The van der Waals surface area contributed by atoms with Gasteiger partial charge in [-0.25, -0.2) is 0 Å². The van der Waals surface area contributed by atoms with Crippen LogP contribution in [0.4, 0.5) is 0 Å². The molecule has 0 spiro atoms. The van der Waals surface area contributed by atoms with Crippen LogP contribution in [0.1, 0.15) is 36.0 Å². The summed E-state index contributed by atoms with van der Waals surface area (Å²) in [7, 11) is 0. The van der Waals surface area contributed by atoms with Gasteiger partial charge in [-0.1, -0.05) is 61.0 Å². The van der Waals surface area contributed by atoms with Gasteiger partial charge in [0.15, 0.2) is 5.78 Å². The van der Waals surface area contributed by atoms with E-state index in [1.807, 2.05) is 59.5 Å². The molecule has 0 radical (unpaired) electrons. The maximum Gasteiger partial charge on any atom is 0.240 e. The monoisotopic (exact) mass is 498 g/mol. The van der Waals surface area contributed by atoms with E-state index in [0.29, 0.717) is 19.4 Å². The quantitative estimate of drug-likeness (QED) is 0.293. The zero-order chi connectivity index (χ0) is 25.0. The van der Waals surface area contributed by atoms with E-state index in [9.17, 15) is 14.7 Å². The lowest BCUT2D eigenvalue weighted by Crippen LogP contribution is -2.42. The Hall–Kier alpha value is -2.23. The predicted molar refractivity (Wildman–Crippen MR) is 142 cm³/mol. The molecule has 0 bridgehead atoms. The van der Waals surface area contributed by atoms with Crippen LogP contribution in [0.2, 0.25) is 0 Å². The van der Waals surface area contributed by atoms with E-state index >= 15 is 0 Å². The molecule has 0 saturated carbocycles. The molecule has 1 saturated heterocycles. The lowest BCUT2D eigenvalue weighted by Gasteiger charge is -2.19. The Kier molecular flexibility index (Phi) is 11.2. The van der Waals surface area contributed by atoms with Gasteiger partial charge in [0.25, 0.3) is 0 Å². The second-order valence-corrected chi connectivity index (χ2v) is 10.3. The second-order valence-electron chi connectivity index (χ2n) is 9.18. The lowest BCUT2D eigenvalue weighted by molar-refractivity contribution is -0.131. The molecule has 190 valence electrons. The van der Waals surface area contributed by atoms with Gasteiger partial charge in [-0.15, -0.1) is 11.8 Å². The Morgan fingerprint density at radius 3 is 2.51 bits per heavy atom. The summed E-state index contributed by atoms with van der Waals surface area (Å²) in [6, 6.07) is 16.4. The van der Waals surface area contributed by atoms with E-state index in [1.54, 1.807) is 11.8 Å². The molecule has 3 rings (SSSR count). The number of unbranched alkanes of at least 4 members (excludes halogenated alkanes) is 1. The topological polar surface area (TPSA) is 122 Å². The first-order valence-corrected chi connectivity index (χ1v) is 13.5. The van der Waals surface area contributed by atoms with Crippen LogP contribution >= 0.6 is 11.8 Å².